The van der Waals surface area contributed by atoms with Gasteiger partial charge in [-0.3, -0.25) is 4.79 Å². The molecule has 0 radical (unpaired) electrons. The fourth-order valence-electron chi connectivity index (χ4n) is 3.27. The van der Waals surface area contributed by atoms with Gasteiger partial charge in [0.1, 0.15) is 0 Å². The van der Waals surface area contributed by atoms with Crippen LogP contribution in [0, 0.1) is 0 Å². The van der Waals surface area contributed by atoms with E-state index in [4.69, 9.17) is 4.74 Å². The summed E-state index contributed by atoms with van der Waals surface area (Å²) < 4.78 is 6.58. The Hall–Kier alpha value is -0.270. The number of benzene rings is 1. The molecule has 2 saturated heterocycles. The Kier molecular flexibility index (Phi) is 7.88. The van der Waals surface area contributed by atoms with Gasteiger partial charge in [-0.25, -0.2) is 0 Å². The van der Waals surface area contributed by atoms with Crippen LogP contribution in [-0.2, 0) is 15.1 Å². The summed E-state index contributed by atoms with van der Waals surface area (Å²) in [6.45, 7) is 2.37. The van der Waals surface area contributed by atoms with E-state index in [0.717, 1.165) is 35.4 Å². The van der Waals surface area contributed by atoms with Crippen molar-refractivity contribution in [2.75, 3.05) is 31.3 Å². The summed E-state index contributed by atoms with van der Waals surface area (Å²) in [5.41, 5.74) is 0.876. The van der Waals surface area contributed by atoms with Crippen molar-refractivity contribution < 1.29 is 9.53 Å². The first-order valence-electron chi connectivity index (χ1n) is 8.14. The monoisotopic (exact) mass is 434 g/mol. The van der Waals surface area contributed by atoms with Crippen LogP contribution in [0.5, 0.6) is 0 Å². The van der Waals surface area contributed by atoms with Crippen molar-refractivity contribution in [3.8, 4) is 0 Å². The lowest BCUT2D eigenvalue weighted by atomic mass is 9.82. The molecule has 0 bridgehead atoms. The molecule has 3 rings (SSSR count). The van der Waals surface area contributed by atoms with Crippen LogP contribution in [0.25, 0.3) is 0 Å². The Labute approximate surface area is 162 Å². The highest BCUT2D eigenvalue weighted by Crippen LogP contribution is 2.33. The molecule has 1 aromatic rings. The van der Waals surface area contributed by atoms with E-state index in [1.54, 1.807) is 0 Å². The molecule has 7 heteroatoms. The zero-order chi connectivity index (χ0) is 16.1. The van der Waals surface area contributed by atoms with Gasteiger partial charge in [0.15, 0.2) is 0 Å². The number of halogens is 2. The van der Waals surface area contributed by atoms with Crippen LogP contribution < -0.4 is 10.6 Å². The van der Waals surface area contributed by atoms with E-state index in [9.17, 15) is 4.79 Å². The topological polar surface area (TPSA) is 50.4 Å². The molecule has 0 spiro atoms. The third kappa shape index (κ3) is 5.11. The van der Waals surface area contributed by atoms with Gasteiger partial charge in [-0.15, -0.1) is 12.4 Å². The third-order valence-corrected chi connectivity index (χ3v) is 6.21. The fraction of sp³-hybridized carbons (Fsp3) is 0.588. The minimum absolute atomic E-state index is 0. The number of thioether (sulfide) groups is 1. The maximum atomic E-state index is 12.6. The van der Waals surface area contributed by atoms with Crippen LogP contribution in [0.1, 0.15) is 24.8 Å². The SMILES string of the molecule is Cl.O=C(CC1CSCCN1)NC1(c2ccc(Br)cc2)CCOCC1. The van der Waals surface area contributed by atoms with Crippen molar-refractivity contribution in [3.05, 3.63) is 34.3 Å². The Balaban J connectivity index is 0.00000208. The first-order chi connectivity index (χ1) is 11.2. The van der Waals surface area contributed by atoms with Crippen LogP contribution in [0.3, 0.4) is 0 Å². The van der Waals surface area contributed by atoms with Gasteiger partial charge in [-0.1, -0.05) is 28.1 Å². The van der Waals surface area contributed by atoms with Gasteiger partial charge in [0, 0.05) is 48.2 Å². The fourth-order valence-corrected chi connectivity index (χ4v) is 4.48. The number of amides is 1. The summed E-state index contributed by atoms with van der Waals surface area (Å²) in [7, 11) is 0. The Morgan fingerprint density at radius 3 is 2.67 bits per heavy atom. The first kappa shape index (κ1) is 20.0. The molecule has 2 N–H and O–H groups in total. The van der Waals surface area contributed by atoms with Crippen molar-refractivity contribution in [3.63, 3.8) is 0 Å². The van der Waals surface area contributed by atoms with Crippen molar-refractivity contribution in [1.82, 2.24) is 10.6 Å². The Morgan fingerprint density at radius 2 is 2.04 bits per heavy atom. The quantitative estimate of drug-likeness (QED) is 0.763. The smallest absolute Gasteiger partial charge is 0.222 e. The van der Waals surface area contributed by atoms with E-state index in [1.165, 1.54) is 5.56 Å². The van der Waals surface area contributed by atoms with E-state index in [-0.39, 0.29) is 29.9 Å². The molecule has 134 valence electrons. The van der Waals surface area contributed by atoms with E-state index in [0.29, 0.717) is 19.6 Å². The van der Waals surface area contributed by atoms with Gasteiger partial charge < -0.3 is 15.4 Å². The van der Waals surface area contributed by atoms with Crippen molar-refractivity contribution in [2.24, 2.45) is 0 Å². The molecule has 1 atom stereocenters. The van der Waals surface area contributed by atoms with E-state index >= 15 is 0 Å². The predicted octanol–water partition coefficient (Wildman–Crippen LogP) is 3.09. The second-order valence-electron chi connectivity index (χ2n) is 6.18. The summed E-state index contributed by atoms with van der Waals surface area (Å²) in [6, 6.07) is 8.57. The molecule has 0 aliphatic carbocycles. The summed E-state index contributed by atoms with van der Waals surface area (Å²) in [5, 5.41) is 6.77. The summed E-state index contributed by atoms with van der Waals surface area (Å²) in [4.78, 5) is 12.6. The normalized spacial score (nSPS) is 23.1. The number of hydrogen-bond donors (Lipinski definition) is 2. The van der Waals surface area contributed by atoms with Crippen LogP contribution in [0.4, 0.5) is 0 Å². The lowest BCUT2D eigenvalue weighted by molar-refractivity contribution is -0.125. The van der Waals surface area contributed by atoms with Gasteiger partial charge in [0.2, 0.25) is 5.91 Å². The van der Waals surface area contributed by atoms with Gasteiger partial charge in [-0.2, -0.15) is 11.8 Å². The van der Waals surface area contributed by atoms with E-state index < -0.39 is 0 Å². The zero-order valence-corrected chi connectivity index (χ0v) is 16.8. The first-order valence-corrected chi connectivity index (χ1v) is 10.1. The molecule has 4 nitrogen and oxygen atoms in total. The van der Waals surface area contributed by atoms with Crippen LogP contribution in [0.15, 0.2) is 28.7 Å². The summed E-state index contributed by atoms with van der Waals surface area (Å²) >= 11 is 5.40. The molecule has 1 aromatic carbocycles. The van der Waals surface area contributed by atoms with Crippen LogP contribution in [0.2, 0.25) is 0 Å². The lowest BCUT2D eigenvalue weighted by Crippen LogP contribution is -2.51. The molecular weight excluding hydrogens is 412 g/mol. The predicted molar refractivity (Wildman–Crippen MR) is 105 cm³/mol. The number of nitrogens with one attached hydrogen (secondary N) is 2. The van der Waals surface area contributed by atoms with E-state index in [1.807, 2.05) is 23.9 Å². The number of carbonyl (C=O) groups is 1. The lowest BCUT2D eigenvalue weighted by Gasteiger charge is -2.39. The minimum Gasteiger partial charge on any atom is -0.381 e. The average molecular weight is 436 g/mol. The van der Waals surface area contributed by atoms with Crippen molar-refractivity contribution in [1.29, 1.82) is 0 Å². The number of carbonyl (C=O) groups excluding carboxylic acids is 1. The molecule has 2 heterocycles. The van der Waals surface area contributed by atoms with Gasteiger partial charge >= 0.3 is 0 Å². The van der Waals surface area contributed by atoms with Crippen LogP contribution in [-0.4, -0.2) is 43.2 Å². The van der Waals surface area contributed by atoms with Crippen molar-refractivity contribution >= 4 is 46.0 Å². The van der Waals surface area contributed by atoms with Crippen molar-refractivity contribution in [2.45, 2.75) is 30.8 Å². The Bertz CT molecular complexity index is 532. The standard InChI is InChI=1S/C17H23BrN2O2S.ClH/c18-14-3-1-13(2-4-14)17(5-8-22-9-6-17)20-16(21)11-15-12-23-10-7-19-15;/h1-4,15,19H,5-12H2,(H,20,21);1H. The van der Waals surface area contributed by atoms with Crippen LogP contribution >= 0.6 is 40.1 Å². The maximum absolute atomic E-state index is 12.6. The van der Waals surface area contributed by atoms with Gasteiger partial charge in [0.05, 0.1) is 5.54 Å². The summed E-state index contributed by atoms with van der Waals surface area (Å²) in [6.07, 6.45) is 2.20. The van der Waals surface area contributed by atoms with Gasteiger partial charge in [-0.05, 0) is 30.5 Å². The highest BCUT2D eigenvalue weighted by Gasteiger charge is 2.36. The Morgan fingerprint density at radius 1 is 1.33 bits per heavy atom. The molecular formula is C17H24BrClN2O2S. The zero-order valence-electron chi connectivity index (χ0n) is 13.6. The van der Waals surface area contributed by atoms with Gasteiger partial charge in [0.25, 0.3) is 0 Å². The molecule has 2 fully saturated rings. The number of hydrogen-bond acceptors (Lipinski definition) is 4. The highest BCUT2D eigenvalue weighted by molar-refractivity contribution is 9.10. The average Bonchev–Trinajstić information content (AvgIpc) is 2.57. The molecule has 1 unspecified atom stereocenters. The second-order valence-corrected chi connectivity index (χ2v) is 8.25. The van der Waals surface area contributed by atoms with E-state index in [2.05, 4.69) is 38.7 Å². The summed E-state index contributed by atoms with van der Waals surface area (Å²) in [5.74, 6) is 2.29. The maximum Gasteiger partial charge on any atom is 0.222 e. The second kappa shape index (κ2) is 9.43. The third-order valence-electron chi connectivity index (χ3n) is 4.55. The molecule has 2 aliphatic rings. The highest BCUT2D eigenvalue weighted by atomic mass is 79.9. The largest absolute Gasteiger partial charge is 0.381 e. The molecule has 0 aromatic heterocycles. The number of rotatable bonds is 4. The number of ether oxygens (including phenoxy) is 1. The minimum atomic E-state index is -0.294. The molecule has 1 amide bonds. The molecule has 0 saturated carbocycles. The molecule has 24 heavy (non-hydrogen) atoms. The molecule has 2 aliphatic heterocycles.